The molecule has 1 saturated heterocycles. The van der Waals surface area contributed by atoms with E-state index in [1.165, 1.54) is 32.1 Å². The van der Waals surface area contributed by atoms with Crippen LogP contribution in [0.1, 0.15) is 32.1 Å². The minimum Gasteiger partial charge on any atom is -0.328 e. The molecule has 0 aromatic heterocycles. The Morgan fingerprint density at radius 3 is 2.25 bits per heavy atom. The molecule has 4 heteroatoms. The first-order chi connectivity index (χ1) is 4.81. The van der Waals surface area contributed by atoms with Crippen LogP contribution in [0.2, 0.25) is 0 Å². The molecule has 1 aliphatic carbocycles. The van der Waals surface area contributed by atoms with Crippen LogP contribution in [0.25, 0.3) is 0 Å². The van der Waals surface area contributed by atoms with Crippen LogP contribution in [0.5, 0.6) is 0 Å². The topological polar surface area (TPSA) is 38.0 Å². The molecule has 1 saturated carbocycles. The SMILES string of the molecule is Cl.Cl.NC1CCNC2(CCC2)C1. The van der Waals surface area contributed by atoms with Gasteiger partial charge in [0.15, 0.2) is 0 Å². The van der Waals surface area contributed by atoms with Crippen molar-refractivity contribution in [2.75, 3.05) is 6.54 Å². The number of piperidine rings is 1. The van der Waals surface area contributed by atoms with Gasteiger partial charge in [-0.05, 0) is 38.6 Å². The number of halogens is 2. The zero-order valence-electron chi connectivity index (χ0n) is 7.21. The van der Waals surface area contributed by atoms with E-state index in [9.17, 15) is 0 Å². The van der Waals surface area contributed by atoms with Gasteiger partial charge < -0.3 is 11.1 Å². The molecule has 2 aliphatic rings. The first-order valence-corrected chi connectivity index (χ1v) is 4.31. The summed E-state index contributed by atoms with van der Waals surface area (Å²) in [5.41, 5.74) is 6.38. The maximum Gasteiger partial charge on any atom is 0.0196 e. The van der Waals surface area contributed by atoms with Crippen LogP contribution in [-0.2, 0) is 0 Å². The van der Waals surface area contributed by atoms with Crippen LogP contribution in [0, 0.1) is 0 Å². The first kappa shape index (κ1) is 12.5. The summed E-state index contributed by atoms with van der Waals surface area (Å²) in [6.07, 6.45) is 6.51. The molecule has 1 spiro atoms. The predicted molar refractivity (Wildman–Crippen MR) is 56.3 cm³/mol. The summed E-state index contributed by atoms with van der Waals surface area (Å²) in [4.78, 5) is 0. The van der Waals surface area contributed by atoms with Gasteiger partial charge >= 0.3 is 0 Å². The van der Waals surface area contributed by atoms with E-state index in [1.54, 1.807) is 0 Å². The van der Waals surface area contributed by atoms with Crippen LogP contribution in [0.15, 0.2) is 0 Å². The quantitative estimate of drug-likeness (QED) is 0.639. The van der Waals surface area contributed by atoms with Gasteiger partial charge in [-0.1, -0.05) is 0 Å². The van der Waals surface area contributed by atoms with Crippen molar-refractivity contribution < 1.29 is 0 Å². The summed E-state index contributed by atoms with van der Waals surface area (Å²) in [5, 5.41) is 3.58. The lowest BCUT2D eigenvalue weighted by atomic mass is 9.70. The van der Waals surface area contributed by atoms with Crippen molar-refractivity contribution >= 4 is 24.8 Å². The maximum absolute atomic E-state index is 5.88. The van der Waals surface area contributed by atoms with Crippen molar-refractivity contribution in [3.05, 3.63) is 0 Å². The van der Waals surface area contributed by atoms with E-state index in [2.05, 4.69) is 5.32 Å². The molecule has 1 heterocycles. The average molecular weight is 213 g/mol. The molecule has 1 atom stereocenters. The fourth-order valence-corrected chi connectivity index (χ4v) is 2.18. The normalized spacial score (nSPS) is 31.2. The highest BCUT2D eigenvalue weighted by atomic mass is 35.5. The Hall–Kier alpha value is 0.500. The molecular weight excluding hydrogens is 195 g/mol. The minimum atomic E-state index is 0. The lowest BCUT2D eigenvalue weighted by Gasteiger charge is -2.47. The molecule has 2 rings (SSSR count). The molecule has 1 unspecified atom stereocenters. The molecule has 0 aromatic carbocycles. The number of rotatable bonds is 0. The van der Waals surface area contributed by atoms with Gasteiger partial charge in [0.05, 0.1) is 0 Å². The summed E-state index contributed by atoms with van der Waals surface area (Å²) in [6.45, 7) is 1.14. The molecule has 74 valence electrons. The van der Waals surface area contributed by atoms with E-state index < -0.39 is 0 Å². The lowest BCUT2D eigenvalue weighted by molar-refractivity contribution is 0.130. The van der Waals surface area contributed by atoms with E-state index in [0.29, 0.717) is 11.6 Å². The van der Waals surface area contributed by atoms with Crippen molar-refractivity contribution in [1.82, 2.24) is 5.32 Å². The molecule has 3 N–H and O–H groups in total. The van der Waals surface area contributed by atoms with E-state index in [-0.39, 0.29) is 24.8 Å². The highest BCUT2D eigenvalue weighted by molar-refractivity contribution is 5.85. The van der Waals surface area contributed by atoms with Gasteiger partial charge in [0.25, 0.3) is 0 Å². The highest BCUT2D eigenvalue weighted by Crippen LogP contribution is 2.37. The summed E-state index contributed by atoms with van der Waals surface area (Å²) >= 11 is 0. The maximum atomic E-state index is 5.88. The number of nitrogens with one attached hydrogen (secondary N) is 1. The zero-order chi connectivity index (χ0) is 7.03. The molecular formula is C8H18Cl2N2. The monoisotopic (exact) mass is 212 g/mol. The van der Waals surface area contributed by atoms with Gasteiger partial charge in [-0.2, -0.15) is 0 Å². The van der Waals surface area contributed by atoms with E-state index >= 15 is 0 Å². The molecule has 2 nitrogen and oxygen atoms in total. The fraction of sp³-hybridized carbons (Fsp3) is 1.00. The van der Waals surface area contributed by atoms with Crippen molar-refractivity contribution in [2.45, 2.75) is 43.7 Å². The molecule has 12 heavy (non-hydrogen) atoms. The van der Waals surface area contributed by atoms with E-state index in [4.69, 9.17) is 5.73 Å². The number of nitrogens with two attached hydrogens (primary N) is 1. The van der Waals surface area contributed by atoms with E-state index in [1.807, 2.05) is 0 Å². The largest absolute Gasteiger partial charge is 0.328 e. The minimum absolute atomic E-state index is 0. The molecule has 0 bridgehead atoms. The van der Waals surface area contributed by atoms with Gasteiger partial charge in [-0.3, -0.25) is 0 Å². The zero-order valence-corrected chi connectivity index (χ0v) is 8.85. The summed E-state index contributed by atoms with van der Waals surface area (Å²) < 4.78 is 0. The second-order valence-corrected chi connectivity index (χ2v) is 3.81. The molecule has 0 radical (unpaired) electrons. The van der Waals surface area contributed by atoms with Crippen LogP contribution >= 0.6 is 24.8 Å². The Morgan fingerprint density at radius 2 is 1.92 bits per heavy atom. The highest BCUT2D eigenvalue weighted by Gasteiger charge is 2.39. The third kappa shape index (κ3) is 2.25. The van der Waals surface area contributed by atoms with Crippen molar-refractivity contribution in [2.24, 2.45) is 5.73 Å². The van der Waals surface area contributed by atoms with Gasteiger partial charge in [0.2, 0.25) is 0 Å². The third-order valence-corrected chi connectivity index (χ3v) is 2.98. The Kier molecular flexibility index (Phi) is 4.85. The standard InChI is InChI=1S/C8H16N2.2ClH/c9-7-2-5-10-8(6-7)3-1-4-8;;/h7,10H,1-6,9H2;2*1H. The molecule has 0 aromatic rings. The Bertz CT molecular complexity index is 137. The Morgan fingerprint density at radius 1 is 1.25 bits per heavy atom. The molecule has 2 fully saturated rings. The lowest BCUT2D eigenvalue weighted by Crippen LogP contribution is -2.58. The second kappa shape index (κ2) is 4.66. The van der Waals surface area contributed by atoms with Crippen LogP contribution < -0.4 is 11.1 Å². The van der Waals surface area contributed by atoms with Crippen LogP contribution in [0.3, 0.4) is 0 Å². The summed E-state index contributed by atoms with van der Waals surface area (Å²) in [6, 6.07) is 0.474. The Balaban J connectivity index is 0.000000605. The predicted octanol–water partition coefficient (Wildman–Crippen LogP) is 1.46. The van der Waals surface area contributed by atoms with Gasteiger partial charge in [0.1, 0.15) is 0 Å². The second-order valence-electron chi connectivity index (χ2n) is 3.81. The number of hydrogen-bond donors (Lipinski definition) is 2. The van der Waals surface area contributed by atoms with Gasteiger partial charge in [-0.25, -0.2) is 0 Å². The Labute approximate surface area is 86.5 Å². The van der Waals surface area contributed by atoms with Crippen LogP contribution in [0.4, 0.5) is 0 Å². The van der Waals surface area contributed by atoms with E-state index in [0.717, 1.165) is 6.54 Å². The van der Waals surface area contributed by atoms with Crippen molar-refractivity contribution in [3.8, 4) is 0 Å². The summed E-state index contributed by atoms with van der Waals surface area (Å²) in [5.74, 6) is 0. The van der Waals surface area contributed by atoms with Crippen molar-refractivity contribution in [3.63, 3.8) is 0 Å². The molecule has 1 aliphatic heterocycles. The fourth-order valence-electron chi connectivity index (χ4n) is 2.18. The summed E-state index contributed by atoms with van der Waals surface area (Å²) in [7, 11) is 0. The van der Waals surface area contributed by atoms with Gasteiger partial charge in [0, 0.05) is 11.6 Å². The average Bonchev–Trinajstić information content (AvgIpc) is 1.85. The third-order valence-electron chi connectivity index (χ3n) is 2.98. The van der Waals surface area contributed by atoms with Gasteiger partial charge in [-0.15, -0.1) is 24.8 Å². The number of hydrogen-bond acceptors (Lipinski definition) is 2. The van der Waals surface area contributed by atoms with Crippen LogP contribution in [-0.4, -0.2) is 18.1 Å². The van der Waals surface area contributed by atoms with Crippen molar-refractivity contribution in [1.29, 1.82) is 0 Å². The smallest absolute Gasteiger partial charge is 0.0196 e. The first-order valence-electron chi connectivity index (χ1n) is 4.31. The molecule has 0 amide bonds.